The van der Waals surface area contributed by atoms with Crippen LogP contribution in [0.2, 0.25) is 0 Å². The molecular formula is C9H18N2O3. The molecule has 0 spiro atoms. The van der Waals surface area contributed by atoms with Crippen molar-refractivity contribution in [2.75, 3.05) is 27.2 Å². The molecule has 0 aliphatic heterocycles. The van der Waals surface area contributed by atoms with Crippen LogP contribution in [0.5, 0.6) is 0 Å². The van der Waals surface area contributed by atoms with Crippen LogP contribution in [0.4, 0.5) is 0 Å². The summed E-state index contributed by atoms with van der Waals surface area (Å²) in [7, 11) is 3.22. The van der Waals surface area contributed by atoms with Crippen LogP contribution < -0.4 is 0 Å². The number of carbonyl (C=O) groups is 2. The van der Waals surface area contributed by atoms with Crippen molar-refractivity contribution in [1.29, 1.82) is 0 Å². The number of likely N-dealkylation sites (N-methyl/N-ethyl adjacent to an activating group) is 2. The van der Waals surface area contributed by atoms with Gasteiger partial charge >= 0.3 is 0 Å². The topological polar surface area (TPSA) is 60.9 Å². The van der Waals surface area contributed by atoms with Gasteiger partial charge in [-0.1, -0.05) is 0 Å². The molecule has 0 saturated carbocycles. The van der Waals surface area contributed by atoms with Gasteiger partial charge in [-0.15, -0.1) is 0 Å². The van der Waals surface area contributed by atoms with Gasteiger partial charge in [0.15, 0.2) is 0 Å². The van der Waals surface area contributed by atoms with Crippen LogP contribution >= 0.6 is 0 Å². The minimum atomic E-state index is -0.696. The molecule has 0 aliphatic rings. The Morgan fingerprint density at radius 1 is 1.07 bits per heavy atom. The Bertz CT molecular complexity index is 196. The Labute approximate surface area is 84.3 Å². The summed E-state index contributed by atoms with van der Waals surface area (Å²) in [5.74, 6) is -0.205. The number of carbonyl (C=O) groups excluding carboxylic acids is 2. The van der Waals surface area contributed by atoms with Gasteiger partial charge in [0.25, 0.3) is 0 Å². The average molecular weight is 202 g/mol. The standard InChI is InChI=1S/C9H18N2O3/c1-7(12)10(3)5-9(14)6-11(4)8(2)13/h9,14H,5-6H2,1-4H3. The molecule has 0 radical (unpaired) electrons. The summed E-state index contributed by atoms with van der Waals surface area (Å²) in [5.41, 5.74) is 0. The molecule has 5 nitrogen and oxygen atoms in total. The molecular weight excluding hydrogens is 184 g/mol. The summed E-state index contributed by atoms with van der Waals surface area (Å²) < 4.78 is 0. The van der Waals surface area contributed by atoms with Gasteiger partial charge in [-0.2, -0.15) is 0 Å². The Kier molecular flexibility index (Phi) is 5.15. The fourth-order valence-corrected chi connectivity index (χ4v) is 0.947. The van der Waals surface area contributed by atoms with Gasteiger partial charge in [-0.05, 0) is 0 Å². The molecule has 0 aromatic rings. The maximum absolute atomic E-state index is 10.8. The van der Waals surface area contributed by atoms with E-state index in [0.29, 0.717) is 0 Å². The zero-order valence-electron chi connectivity index (χ0n) is 9.15. The lowest BCUT2D eigenvalue weighted by atomic mass is 10.3. The second-order valence-electron chi connectivity index (χ2n) is 3.45. The van der Waals surface area contributed by atoms with E-state index in [-0.39, 0.29) is 24.9 Å². The first-order valence-corrected chi connectivity index (χ1v) is 4.46. The lowest BCUT2D eigenvalue weighted by Crippen LogP contribution is -2.40. The number of hydrogen-bond donors (Lipinski definition) is 1. The van der Waals surface area contributed by atoms with Crippen LogP contribution in [0.25, 0.3) is 0 Å². The van der Waals surface area contributed by atoms with E-state index in [1.165, 1.54) is 23.6 Å². The van der Waals surface area contributed by atoms with Crippen LogP contribution in [-0.4, -0.2) is 60.0 Å². The predicted octanol–water partition coefficient (Wildman–Crippen LogP) is -0.696. The second-order valence-corrected chi connectivity index (χ2v) is 3.45. The van der Waals surface area contributed by atoms with E-state index in [0.717, 1.165) is 0 Å². The number of amides is 2. The summed E-state index contributed by atoms with van der Waals surface area (Å²) in [5, 5.41) is 9.50. The van der Waals surface area contributed by atoms with E-state index in [1.54, 1.807) is 14.1 Å². The van der Waals surface area contributed by atoms with Crippen molar-refractivity contribution in [3.05, 3.63) is 0 Å². The van der Waals surface area contributed by atoms with E-state index in [2.05, 4.69) is 0 Å². The molecule has 0 heterocycles. The van der Waals surface area contributed by atoms with Gasteiger partial charge in [-0.3, -0.25) is 9.59 Å². The molecule has 0 bridgehead atoms. The molecule has 2 amide bonds. The van der Waals surface area contributed by atoms with E-state index >= 15 is 0 Å². The average Bonchev–Trinajstić information content (AvgIpc) is 2.03. The first-order chi connectivity index (χ1) is 6.34. The third-order valence-corrected chi connectivity index (χ3v) is 2.04. The van der Waals surface area contributed by atoms with Crippen molar-refractivity contribution in [3.8, 4) is 0 Å². The molecule has 0 atom stereocenters. The van der Waals surface area contributed by atoms with E-state index in [1.807, 2.05) is 0 Å². The largest absolute Gasteiger partial charge is 0.389 e. The molecule has 14 heavy (non-hydrogen) atoms. The van der Waals surface area contributed by atoms with Gasteiger partial charge in [0.05, 0.1) is 6.10 Å². The quantitative estimate of drug-likeness (QED) is 0.656. The third kappa shape index (κ3) is 4.81. The van der Waals surface area contributed by atoms with Crippen molar-refractivity contribution in [1.82, 2.24) is 9.80 Å². The summed E-state index contributed by atoms with van der Waals surface area (Å²) in [4.78, 5) is 24.5. The first kappa shape index (κ1) is 12.9. The number of hydrogen-bond acceptors (Lipinski definition) is 3. The Morgan fingerprint density at radius 3 is 1.57 bits per heavy atom. The smallest absolute Gasteiger partial charge is 0.219 e. The number of nitrogens with zero attached hydrogens (tertiary/aromatic N) is 2. The fraction of sp³-hybridized carbons (Fsp3) is 0.778. The summed E-state index contributed by atoms with van der Waals surface area (Å²) in [6.07, 6.45) is -0.696. The molecule has 82 valence electrons. The van der Waals surface area contributed by atoms with Crippen LogP contribution in [0.3, 0.4) is 0 Å². The summed E-state index contributed by atoms with van der Waals surface area (Å²) in [6.45, 7) is 3.35. The zero-order valence-corrected chi connectivity index (χ0v) is 9.15. The molecule has 5 heteroatoms. The van der Waals surface area contributed by atoms with Crippen molar-refractivity contribution in [2.45, 2.75) is 20.0 Å². The normalized spacial score (nSPS) is 10.1. The van der Waals surface area contributed by atoms with Gasteiger partial charge in [0.2, 0.25) is 11.8 Å². The highest BCUT2D eigenvalue weighted by Gasteiger charge is 2.13. The molecule has 0 aromatic carbocycles. The lowest BCUT2D eigenvalue weighted by Gasteiger charge is -2.23. The van der Waals surface area contributed by atoms with Crippen LogP contribution in [-0.2, 0) is 9.59 Å². The van der Waals surface area contributed by atoms with Crippen molar-refractivity contribution < 1.29 is 14.7 Å². The zero-order chi connectivity index (χ0) is 11.3. The van der Waals surface area contributed by atoms with Crippen molar-refractivity contribution >= 4 is 11.8 Å². The molecule has 0 unspecified atom stereocenters. The van der Waals surface area contributed by atoms with Crippen LogP contribution in [0.1, 0.15) is 13.8 Å². The lowest BCUT2D eigenvalue weighted by molar-refractivity contribution is -0.130. The van der Waals surface area contributed by atoms with E-state index in [9.17, 15) is 14.7 Å². The Balaban J connectivity index is 3.92. The minimum absolute atomic E-state index is 0.102. The second kappa shape index (κ2) is 5.59. The molecule has 0 fully saturated rings. The van der Waals surface area contributed by atoms with Crippen LogP contribution in [0, 0.1) is 0 Å². The number of rotatable bonds is 4. The molecule has 1 N–H and O–H groups in total. The fourth-order valence-electron chi connectivity index (χ4n) is 0.947. The summed E-state index contributed by atoms with van der Waals surface area (Å²) >= 11 is 0. The predicted molar refractivity (Wildman–Crippen MR) is 52.6 cm³/mol. The number of aliphatic hydroxyl groups excluding tert-OH is 1. The highest BCUT2D eigenvalue weighted by molar-refractivity contribution is 5.73. The van der Waals surface area contributed by atoms with Crippen molar-refractivity contribution in [3.63, 3.8) is 0 Å². The van der Waals surface area contributed by atoms with Crippen molar-refractivity contribution in [2.24, 2.45) is 0 Å². The summed E-state index contributed by atoms with van der Waals surface area (Å²) in [6, 6.07) is 0. The Morgan fingerprint density at radius 2 is 1.36 bits per heavy atom. The molecule has 0 saturated heterocycles. The van der Waals surface area contributed by atoms with Gasteiger partial charge in [0.1, 0.15) is 0 Å². The maximum Gasteiger partial charge on any atom is 0.219 e. The molecule has 0 rings (SSSR count). The highest BCUT2D eigenvalue weighted by atomic mass is 16.3. The SMILES string of the molecule is CC(=O)N(C)CC(O)CN(C)C(C)=O. The highest BCUT2D eigenvalue weighted by Crippen LogP contribution is 1.94. The minimum Gasteiger partial charge on any atom is -0.389 e. The monoisotopic (exact) mass is 202 g/mol. The molecule has 0 aromatic heterocycles. The first-order valence-electron chi connectivity index (χ1n) is 4.46. The van der Waals surface area contributed by atoms with Gasteiger partial charge in [0, 0.05) is 41.0 Å². The Hall–Kier alpha value is -1.10. The van der Waals surface area contributed by atoms with E-state index in [4.69, 9.17) is 0 Å². The van der Waals surface area contributed by atoms with E-state index < -0.39 is 6.10 Å². The van der Waals surface area contributed by atoms with Crippen LogP contribution in [0.15, 0.2) is 0 Å². The third-order valence-electron chi connectivity index (χ3n) is 2.04. The number of aliphatic hydroxyl groups is 1. The van der Waals surface area contributed by atoms with Gasteiger partial charge in [-0.25, -0.2) is 0 Å². The molecule has 0 aliphatic carbocycles. The van der Waals surface area contributed by atoms with Gasteiger partial charge < -0.3 is 14.9 Å². The maximum atomic E-state index is 10.8.